The minimum absolute atomic E-state index is 0.0725. The number of halogens is 2. The molecule has 0 radical (unpaired) electrons. The maximum Gasteiger partial charge on any atom is 0.159 e. The van der Waals surface area contributed by atoms with Crippen LogP contribution in [-0.4, -0.2) is 9.97 Å². The van der Waals surface area contributed by atoms with Gasteiger partial charge in [-0.15, -0.1) is 0 Å². The number of hydrogen-bond acceptors (Lipinski definition) is 5. The summed E-state index contributed by atoms with van der Waals surface area (Å²) in [6.07, 6.45) is 1.30. The third kappa shape index (κ3) is 3.40. The number of rotatable bonds is 4. The molecule has 0 saturated carbocycles. The predicted octanol–water partition coefficient (Wildman–Crippen LogP) is 4.13. The van der Waals surface area contributed by atoms with Gasteiger partial charge in [-0.2, -0.15) is 0 Å². The maximum absolute atomic E-state index is 13.8. The molecule has 122 valence electrons. The van der Waals surface area contributed by atoms with Gasteiger partial charge in [-0.25, -0.2) is 18.7 Å². The van der Waals surface area contributed by atoms with Crippen LogP contribution in [0.3, 0.4) is 0 Å². The number of nitrogen functional groups attached to an aromatic ring is 1. The van der Waals surface area contributed by atoms with Crippen LogP contribution in [0.4, 0.5) is 37.5 Å². The summed E-state index contributed by atoms with van der Waals surface area (Å²) in [6.45, 7) is 1.97. The third-order valence-corrected chi connectivity index (χ3v) is 3.35. The predicted molar refractivity (Wildman–Crippen MR) is 90.5 cm³/mol. The van der Waals surface area contributed by atoms with Gasteiger partial charge in [0.2, 0.25) is 0 Å². The minimum Gasteiger partial charge on any atom is -0.393 e. The SMILES string of the molecule is Cc1cccc(Nc2ncnc(Nc3ccc(F)cc3F)c2N)c1. The summed E-state index contributed by atoms with van der Waals surface area (Å²) in [6, 6.07) is 10.9. The van der Waals surface area contributed by atoms with Crippen LogP contribution in [0.2, 0.25) is 0 Å². The Morgan fingerprint density at radius 2 is 1.71 bits per heavy atom. The van der Waals surface area contributed by atoms with Crippen molar-refractivity contribution in [3.05, 3.63) is 66.0 Å². The van der Waals surface area contributed by atoms with E-state index in [1.807, 2.05) is 31.2 Å². The average molecular weight is 327 g/mol. The van der Waals surface area contributed by atoms with Gasteiger partial charge in [-0.1, -0.05) is 12.1 Å². The number of anilines is 5. The van der Waals surface area contributed by atoms with Gasteiger partial charge < -0.3 is 16.4 Å². The zero-order valence-corrected chi connectivity index (χ0v) is 12.8. The fraction of sp³-hybridized carbons (Fsp3) is 0.0588. The molecule has 0 aliphatic heterocycles. The number of nitrogens with one attached hydrogen (secondary N) is 2. The summed E-state index contributed by atoms with van der Waals surface area (Å²) < 4.78 is 26.7. The van der Waals surface area contributed by atoms with Crippen molar-refractivity contribution < 1.29 is 8.78 Å². The molecule has 0 aliphatic carbocycles. The second kappa shape index (κ2) is 6.49. The van der Waals surface area contributed by atoms with E-state index in [0.29, 0.717) is 5.82 Å². The Kier molecular flexibility index (Phi) is 4.24. The largest absolute Gasteiger partial charge is 0.393 e. The molecule has 0 atom stereocenters. The molecular formula is C17H15F2N5. The summed E-state index contributed by atoms with van der Waals surface area (Å²) in [4.78, 5) is 8.11. The third-order valence-electron chi connectivity index (χ3n) is 3.35. The molecule has 2 aromatic carbocycles. The summed E-state index contributed by atoms with van der Waals surface area (Å²) in [5.41, 5.74) is 8.25. The number of aromatic nitrogens is 2. The monoisotopic (exact) mass is 327 g/mol. The highest BCUT2D eigenvalue weighted by molar-refractivity contribution is 5.80. The zero-order chi connectivity index (χ0) is 17.1. The van der Waals surface area contributed by atoms with E-state index in [1.54, 1.807) is 0 Å². The molecule has 0 bridgehead atoms. The van der Waals surface area contributed by atoms with Gasteiger partial charge in [0.05, 0.1) is 5.69 Å². The fourth-order valence-electron chi connectivity index (χ4n) is 2.17. The minimum atomic E-state index is -0.735. The Hall–Kier alpha value is -3.22. The van der Waals surface area contributed by atoms with Crippen molar-refractivity contribution in [1.82, 2.24) is 9.97 Å². The van der Waals surface area contributed by atoms with Gasteiger partial charge in [-0.3, -0.25) is 0 Å². The Morgan fingerprint density at radius 1 is 0.958 bits per heavy atom. The highest BCUT2D eigenvalue weighted by atomic mass is 19.1. The molecule has 1 aromatic heterocycles. The first-order valence-electron chi connectivity index (χ1n) is 7.19. The van der Waals surface area contributed by atoms with Gasteiger partial charge in [-0.05, 0) is 36.8 Å². The summed E-state index contributed by atoms with van der Waals surface area (Å²) in [5, 5.41) is 5.84. The molecule has 7 heteroatoms. The lowest BCUT2D eigenvalue weighted by atomic mass is 10.2. The quantitative estimate of drug-likeness (QED) is 0.671. The van der Waals surface area contributed by atoms with Crippen LogP contribution in [0.25, 0.3) is 0 Å². The lowest BCUT2D eigenvalue weighted by Crippen LogP contribution is -2.06. The molecule has 0 saturated heterocycles. The van der Waals surface area contributed by atoms with E-state index in [0.717, 1.165) is 23.4 Å². The normalized spacial score (nSPS) is 10.5. The number of nitrogens with zero attached hydrogens (tertiary/aromatic N) is 2. The van der Waals surface area contributed by atoms with Gasteiger partial charge in [0, 0.05) is 11.8 Å². The Labute approximate surface area is 137 Å². The molecule has 0 aliphatic rings. The van der Waals surface area contributed by atoms with E-state index >= 15 is 0 Å². The van der Waals surface area contributed by atoms with Crippen LogP contribution in [0.1, 0.15) is 5.56 Å². The summed E-state index contributed by atoms with van der Waals surface area (Å²) in [7, 11) is 0. The van der Waals surface area contributed by atoms with Crippen molar-refractivity contribution in [2.24, 2.45) is 0 Å². The smallest absolute Gasteiger partial charge is 0.159 e. The van der Waals surface area contributed by atoms with Crippen LogP contribution in [0.5, 0.6) is 0 Å². The molecule has 5 nitrogen and oxygen atoms in total. The van der Waals surface area contributed by atoms with Crippen molar-refractivity contribution >= 4 is 28.7 Å². The van der Waals surface area contributed by atoms with E-state index < -0.39 is 11.6 Å². The van der Waals surface area contributed by atoms with Crippen LogP contribution in [-0.2, 0) is 0 Å². The zero-order valence-electron chi connectivity index (χ0n) is 12.8. The van der Waals surface area contributed by atoms with Crippen molar-refractivity contribution in [1.29, 1.82) is 0 Å². The summed E-state index contributed by atoms with van der Waals surface area (Å²) >= 11 is 0. The van der Waals surface area contributed by atoms with Crippen molar-refractivity contribution in [3.63, 3.8) is 0 Å². The van der Waals surface area contributed by atoms with Crippen molar-refractivity contribution in [3.8, 4) is 0 Å². The van der Waals surface area contributed by atoms with Gasteiger partial charge in [0.15, 0.2) is 11.6 Å². The van der Waals surface area contributed by atoms with Crippen LogP contribution in [0.15, 0.2) is 48.8 Å². The lowest BCUT2D eigenvalue weighted by Gasteiger charge is -2.13. The van der Waals surface area contributed by atoms with Crippen LogP contribution < -0.4 is 16.4 Å². The molecule has 24 heavy (non-hydrogen) atoms. The molecule has 0 unspecified atom stereocenters. The number of nitrogens with two attached hydrogens (primary N) is 1. The van der Waals surface area contributed by atoms with Gasteiger partial charge >= 0.3 is 0 Å². The molecule has 3 rings (SSSR count). The standard InChI is InChI=1S/C17H15F2N5/c1-10-3-2-4-12(7-10)23-16-15(20)17(22-9-21-16)24-14-6-5-11(18)8-13(14)19/h2-9H,20H2,1H3,(H2,21,22,23,24). The van der Waals surface area contributed by atoms with E-state index in [2.05, 4.69) is 20.6 Å². The topological polar surface area (TPSA) is 75.9 Å². The number of benzene rings is 2. The molecule has 3 aromatic rings. The Morgan fingerprint density at radius 3 is 2.42 bits per heavy atom. The molecular weight excluding hydrogens is 312 g/mol. The van der Waals surface area contributed by atoms with Crippen molar-refractivity contribution in [2.75, 3.05) is 16.4 Å². The summed E-state index contributed by atoms with van der Waals surface area (Å²) in [5.74, 6) is -0.775. The number of hydrogen-bond donors (Lipinski definition) is 3. The van der Waals surface area contributed by atoms with E-state index in [4.69, 9.17) is 5.73 Å². The van der Waals surface area contributed by atoms with Gasteiger partial charge in [0.1, 0.15) is 23.6 Å². The van der Waals surface area contributed by atoms with Crippen molar-refractivity contribution in [2.45, 2.75) is 6.92 Å². The molecule has 4 N–H and O–H groups in total. The Balaban J connectivity index is 1.88. The molecule has 0 amide bonds. The average Bonchev–Trinajstić information content (AvgIpc) is 2.54. The maximum atomic E-state index is 13.8. The van der Waals surface area contributed by atoms with E-state index in [-0.39, 0.29) is 17.2 Å². The van der Waals surface area contributed by atoms with Crippen LogP contribution in [0, 0.1) is 18.6 Å². The van der Waals surface area contributed by atoms with Crippen LogP contribution >= 0.6 is 0 Å². The highest BCUT2D eigenvalue weighted by Crippen LogP contribution is 2.29. The molecule has 0 spiro atoms. The first-order chi connectivity index (χ1) is 11.5. The fourth-order valence-corrected chi connectivity index (χ4v) is 2.17. The van der Waals surface area contributed by atoms with Gasteiger partial charge in [0.25, 0.3) is 0 Å². The lowest BCUT2D eigenvalue weighted by molar-refractivity contribution is 0.586. The first kappa shape index (κ1) is 15.7. The first-order valence-corrected chi connectivity index (χ1v) is 7.19. The van der Waals surface area contributed by atoms with E-state index in [1.165, 1.54) is 12.4 Å². The highest BCUT2D eigenvalue weighted by Gasteiger charge is 2.11. The number of aryl methyl sites for hydroxylation is 1. The van der Waals surface area contributed by atoms with E-state index in [9.17, 15) is 8.78 Å². The molecule has 1 heterocycles. The Bertz CT molecular complexity index is 883. The molecule has 0 fully saturated rings. The second-order valence-corrected chi connectivity index (χ2v) is 5.23. The second-order valence-electron chi connectivity index (χ2n) is 5.23.